The van der Waals surface area contributed by atoms with Crippen molar-refractivity contribution in [3.8, 4) is 11.5 Å². The Morgan fingerprint density at radius 3 is 2.33 bits per heavy atom. The Balaban J connectivity index is 1.64. The Morgan fingerprint density at radius 2 is 1.58 bits per heavy atom. The summed E-state index contributed by atoms with van der Waals surface area (Å²) in [7, 11) is 0. The second kappa shape index (κ2) is 14.7. The van der Waals surface area contributed by atoms with Crippen molar-refractivity contribution in [1.82, 2.24) is 5.43 Å². The van der Waals surface area contributed by atoms with E-state index in [1.54, 1.807) is 36.5 Å². The minimum absolute atomic E-state index is 0.118. The van der Waals surface area contributed by atoms with Crippen LogP contribution in [0.4, 0.5) is 0 Å². The zero-order valence-corrected chi connectivity index (χ0v) is 21.3. The molecule has 0 saturated heterocycles. The van der Waals surface area contributed by atoms with E-state index in [-0.39, 0.29) is 5.91 Å². The SMILES string of the molecule is CCCCCCCCCC(=O)NN=Cc1c(OC(=O)c2ccc(OCC)cc2)ccc2ccccc12. The van der Waals surface area contributed by atoms with Gasteiger partial charge in [-0.3, -0.25) is 4.79 Å². The average Bonchev–Trinajstić information content (AvgIpc) is 2.89. The lowest BCUT2D eigenvalue weighted by Crippen LogP contribution is -2.17. The van der Waals surface area contributed by atoms with Crippen molar-refractivity contribution < 1.29 is 19.1 Å². The Kier molecular flexibility index (Phi) is 11.0. The maximum Gasteiger partial charge on any atom is 0.343 e. The van der Waals surface area contributed by atoms with E-state index in [4.69, 9.17) is 9.47 Å². The summed E-state index contributed by atoms with van der Waals surface area (Å²) in [6.07, 6.45) is 10.1. The molecular formula is C30H36N2O4. The molecule has 3 rings (SSSR count). The molecule has 0 saturated carbocycles. The van der Waals surface area contributed by atoms with Gasteiger partial charge in [-0.25, -0.2) is 10.2 Å². The topological polar surface area (TPSA) is 77.0 Å². The summed E-state index contributed by atoms with van der Waals surface area (Å²) in [4.78, 5) is 25.0. The van der Waals surface area contributed by atoms with Crippen molar-refractivity contribution in [1.29, 1.82) is 0 Å². The molecule has 0 unspecified atom stereocenters. The van der Waals surface area contributed by atoms with Crippen LogP contribution in [-0.2, 0) is 4.79 Å². The summed E-state index contributed by atoms with van der Waals surface area (Å²) < 4.78 is 11.2. The van der Waals surface area contributed by atoms with Crippen molar-refractivity contribution in [3.63, 3.8) is 0 Å². The summed E-state index contributed by atoms with van der Waals surface area (Å²) in [5.41, 5.74) is 3.66. The van der Waals surface area contributed by atoms with Crippen molar-refractivity contribution >= 4 is 28.9 Å². The van der Waals surface area contributed by atoms with Crippen LogP contribution in [0.1, 0.15) is 81.1 Å². The first-order valence-corrected chi connectivity index (χ1v) is 12.9. The molecule has 0 aliphatic carbocycles. The molecule has 0 heterocycles. The first-order chi connectivity index (χ1) is 17.6. The highest BCUT2D eigenvalue weighted by molar-refractivity contribution is 6.04. The van der Waals surface area contributed by atoms with Crippen LogP contribution >= 0.6 is 0 Å². The number of esters is 1. The molecule has 0 radical (unpaired) electrons. The fraction of sp³-hybridized carbons (Fsp3) is 0.367. The molecule has 0 aliphatic rings. The van der Waals surface area contributed by atoms with E-state index < -0.39 is 5.97 Å². The minimum atomic E-state index is -0.481. The molecule has 36 heavy (non-hydrogen) atoms. The van der Waals surface area contributed by atoms with Gasteiger partial charge in [-0.15, -0.1) is 0 Å². The molecule has 0 atom stereocenters. The fourth-order valence-electron chi connectivity index (χ4n) is 3.98. The van der Waals surface area contributed by atoms with Crippen molar-refractivity contribution in [2.24, 2.45) is 5.10 Å². The molecule has 0 fully saturated rings. The quantitative estimate of drug-likeness (QED) is 0.0867. The number of nitrogens with zero attached hydrogens (tertiary/aromatic N) is 1. The standard InChI is InChI=1S/C30H36N2O4/c1-3-5-6-7-8-9-10-15-29(33)32-31-22-27-26-14-12-11-13-23(26)18-21-28(27)36-30(34)24-16-19-25(20-17-24)35-4-2/h11-14,16-22H,3-10,15H2,1-2H3,(H,32,33). The van der Waals surface area contributed by atoms with E-state index in [1.165, 1.54) is 25.7 Å². The molecule has 0 spiro atoms. The van der Waals surface area contributed by atoms with Crippen LogP contribution < -0.4 is 14.9 Å². The molecule has 0 bridgehead atoms. The van der Waals surface area contributed by atoms with Crippen LogP contribution in [0, 0.1) is 0 Å². The number of rotatable bonds is 14. The van der Waals surface area contributed by atoms with Crippen LogP contribution in [0.3, 0.4) is 0 Å². The van der Waals surface area contributed by atoms with E-state index in [1.807, 2.05) is 37.3 Å². The van der Waals surface area contributed by atoms with E-state index >= 15 is 0 Å². The third-order valence-electron chi connectivity index (χ3n) is 5.92. The number of ether oxygens (including phenoxy) is 2. The molecule has 190 valence electrons. The van der Waals surface area contributed by atoms with Crippen molar-refractivity contribution in [2.45, 2.75) is 65.2 Å². The second-order valence-electron chi connectivity index (χ2n) is 8.71. The van der Waals surface area contributed by atoms with Gasteiger partial charge in [0.1, 0.15) is 11.5 Å². The molecule has 6 heteroatoms. The Bertz CT molecular complexity index is 1160. The second-order valence-corrected chi connectivity index (χ2v) is 8.71. The van der Waals surface area contributed by atoms with Crippen LogP contribution in [0.5, 0.6) is 11.5 Å². The number of carbonyl (C=O) groups excluding carboxylic acids is 2. The molecule has 0 aromatic heterocycles. The largest absolute Gasteiger partial charge is 0.494 e. The van der Waals surface area contributed by atoms with Crippen molar-refractivity contribution in [2.75, 3.05) is 6.61 Å². The van der Waals surface area contributed by atoms with Gasteiger partial charge >= 0.3 is 5.97 Å². The molecule has 0 aliphatic heterocycles. The number of hydrazone groups is 1. The Morgan fingerprint density at radius 1 is 0.861 bits per heavy atom. The van der Waals surface area contributed by atoms with E-state index in [2.05, 4.69) is 17.5 Å². The van der Waals surface area contributed by atoms with Gasteiger partial charge < -0.3 is 9.47 Å². The van der Waals surface area contributed by atoms with Crippen LogP contribution in [0.25, 0.3) is 10.8 Å². The number of carbonyl (C=O) groups is 2. The summed E-state index contributed by atoms with van der Waals surface area (Å²) in [6.45, 7) is 4.67. The van der Waals surface area contributed by atoms with E-state index in [0.29, 0.717) is 35.7 Å². The molecule has 3 aromatic rings. The highest BCUT2D eigenvalue weighted by atomic mass is 16.5. The van der Waals surface area contributed by atoms with Gasteiger partial charge in [0.15, 0.2) is 0 Å². The zero-order chi connectivity index (χ0) is 25.6. The Hall–Kier alpha value is -3.67. The molecule has 3 aromatic carbocycles. The number of unbranched alkanes of at least 4 members (excludes halogenated alkanes) is 6. The summed E-state index contributed by atoms with van der Waals surface area (Å²) in [6, 6.07) is 18.2. The number of fused-ring (bicyclic) bond motifs is 1. The van der Waals surface area contributed by atoms with Crippen LogP contribution in [0.15, 0.2) is 65.8 Å². The van der Waals surface area contributed by atoms with Crippen LogP contribution in [-0.4, -0.2) is 24.7 Å². The fourth-order valence-corrected chi connectivity index (χ4v) is 3.98. The Labute approximate surface area is 213 Å². The predicted molar refractivity (Wildman–Crippen MR) is 145 cm³/mol. The highest BCUT2D eigenvalue weighted by Gasteiger charge is 2.14. The molecule has 1 N–H and O–H groups in total. The van der Waals surface area contributed by atoms with E-state index in [0.717, 1.165) is 30.0 Å². The molecule has 6 nitrogen and oxygen atoms in total. The molecule has 1 amide bonds. The smallest absolute Gasteiger partial charge is 0.343 e. The first-order valence-electron chi connectivity index (χ1n) is 12.9. The minimum Gasteiger partial charge on any atom is -0.494 e. The predicted octanol–water partition coefficient (Wildman–Crippen LogP) is 7.05. The van der Waals surface area contributed by atoms with Gasteiger partial charge in [-0.1, -0.05) is 75.8 Å². The summed E-state index contributed by atoms with van der Waals surface area (Å²) in [5, 5.41) is 6.03. The van der Waals surface area contributed by atoms with Gasteiger partial charge in [0.05, 0.1) is 18.4 Å². The van der Waals surface area contributed by atoms with Gasteiger partial charge in [-0.2, -0.15) is 5.10 Å². The maximum absolute atomic E-state index is 12.8. The maximum atomic E-state index is 12.8. The lowest BCUT2D eigenvalue weighted by molar-refractivity contribution is -0.121. The lowest BCUT2D eigenvalue weighted by Gasteiger charge is -2.11. The zero-order valence-electron chi connectivity index (χ0n) is 21.3. The van der Waals surface area contributed by atoms with Crippen LogP contribution in [0.2, 0.25) is 0 Å². The van der Waals surface area contributed by atoms with Gasteiger partial charge in [0.25, 0.3) is 0 Å². The number of hydrogen-bond donors (Lipinski definition) is 1. The van der Waals surface area contributed by atoms with Gasteiger partial charge in [0, 0.05) is 12.0 Å². The third-order valence-corrected chi connectivity index (χ3v) is 5.92. The average molecular weight is 489 g/mol. The van der Waals surface area contributed by atoms with Crippen molar-refractivity contribution in [3.05, 3.63) is 71.8 Å². The normalized spacial score (nSPS) is 11.1. The number of amides is 1. The number of nitrogens with one attached hydrogen (secondary N) is 1. The summed E-state index contributed by atoms with van der Waals surface area (Å²) >= 11 is 0. The number of hydrogen-bond acceptors (Lipinski definition) is 5. The van der Waals surface area contributed by atoms with E-state index in [9.17, 15) is 9.59 Å². The monoisotopic (exact) mass is 488 g/mol. The third kappa shape index (κ3) is 8.22. The highest BCUT2D eigenvalue weighted by Crippen LogP contribution is 2.27. The first kappa shape index (κ1) is 26.9. The molecular weight excluding hydrogens is 452 g/mol. The van der Waals surface area contributed by atoms with Gasteiger partial charge in [0.2, 0.25) is 5.91 Å². The number of benzene rings is 3. The lowest BCUT2D eigenvalue weighted by atomic mass is 10.0. The van der Waals surface area contributed by atoms with Gasteiger partial charge in [-0.05, 0) is 54.4 Å². The summed E-state index contributed by atoms with van der Waals surface area (Å²) in [5.74, 6) is 0.469.